The molecule has 0 saturated heterocycles. The summed E-state index contributed by atoms with van der Waals surface area (Å²) < 4.78 is 0. The molecule has 0 bridgehead atoms. The van der Waals surface area contributed by atoms with Gasteiger partial charge in [-0.3, -0.25) is 9.59 Å². The summed E-state index contributed by atoms with van der Waals surface area (Å²) in [5.74, 6) is 0.572. The number of hydrogen-bond donors (Lipinski definition) is 1. The Morgan fingerprint density at radius 2 is 1.62 bits per heavy atom. The number of nitrogens with one attached hydrogen (secondary N) is 1. The third-order valence-electron chi connectivity index (χ3n) is 6.84. The van der Waals surface area contributed by atoms with E-state index >= 15 is 0 Å². The Balaban J connectivity index is 1.55. The van der Waals surface area contributed by atoms with Gasteiger partial charge in [-0.2, -0.15) is 0 Å². The van der Waals surface area contributed by atoms with E-state index in [-0.39, 0.29) is 17.9 Å². The first-order valence-electron chi connectivity index (χ1n) is 13.1. The van der Waals surface area contributed by atoms with Gasteiger partial charge in [0.15, 0.2) is 0 Å². The summed E-state index contributed by atoms with van der Waals surface area (Å²) in [5, 5.41) is 3.91. The number of halogens is 1. The van der Waals surface area contributed by atoms with Crippen LogP contribution in [-0.4, -0.2) is 34.6 Å². The molecule has 1 N–H and O–H groups in total. The molecule has 1 saturated carbocycles. The van der Waals surface area contributed by atoms with Crippen LogP contribution in [0.15, 0.2) is 83.8 Å². The van der Waals surface area contributed by atoms with Crippen LogP contribution in [0.5, 0.6) is 0 Å². The fourth-order valence-electron chi connectivity index (χ4n) is 4.74. The minimum Gasteiger partial charge on any atom is -0.352 e. The summed E-state index contributed by atoms with van der Waals surface area (Å²) in [5.41, 5.74) is 3.21. The van der Waals surface area contributed by atoms with Gasteiger partial charge in [-0.25, -0.2) is 0 Å². The van der Waals surface area contributed by atoms with E-state index in [1.54, 1.807) is 16.7 Å². The molecule has 2 amide bonds. The maximum atomic E-state index is 13.7. The Morgan fingerprint density at radius 3 is 2.30 bits per heavy atom. The van der Waals surface area contributed by atoms with Gasteiger partial charge in [0.1, 0.15) is 6.04 Å². The van der Waals surface area contributed by atoms with E-state index in [4.69, 9.17) is 11.6 Å². The molecule has 4 nitrogen and oxygen atoms in total. The number of amides is 2. The molecule has 0 spiro atoms. The summed E-state index contributed by atoms with van der Waals surface area (Å²) in [4.78, 5) is 30.3. The van der Waals surface area contributed by atoms with Crippen molar-refractivity contribution in [3.63, 3.8) is 0 Å². The minimum atomic E-state index is -0.587. The largest absolute Gasteiger partial charge is 0.352 e. The van der Waals surface area contributed by atoms with E-state index in [2.05, 4.69) is 36.5 Å². The van der Waals surface area contributed by atoms with Crippen LogP contribution in [0.3, 0.4) is 0 Å². The van der Waals surface area contributed by atoms with Crippen LogP contribution in [0.1, 0.15) is 48.8 Å². The highest BCUT2D eigenvalue weighted by Crippen LogP contribution is 2.23. The summed E-state index contributed by atoms with van der Waals surface area (Å²) in [6, 6.07) is 25.4. The zero-order valence-electron chi connectivity index (χ0n) is 21.4. The number of thioether (sulfide) groups is 1. The number of benzene rings is 3. The fraction of sp³-hybridized carbons (Fsp3) is 0.355. The van der Waals surface area contributed by atoms with Crippen molar-refractivity contribution >= 4 is 35.2 Å². The molecule has 1 aliphatic rings. The molecule has 4 rings (SSSR count). The summed E-state index contributed by atoms with van der Waals surface area (Å²) in [6.45, 7) is 2.43. The van der Waals surface area contributed by atoms with Crippen molar-refractivity contribution in [2.24, 2.45) is 0 Å². The third kappa shape index (κ3) is 8.37. The molecule has 3 aromatic rings. The molecule has 0 radical (unpaired) electrons. The molecule has 1 fully saturated rings. The topological polar surface area (TPSA) is 49.4 Å². The molecule has 1 aliphatic carbocycles. The first-order valence-corrected chi connectivity index (χ1v) is 14.4. The minimum absolute atomic E-state index is 0.0166. The average Bonchev–Trinajstić information content (AvgIpc) is 3.42. The summed E-state index contributed by atoms with van der Waals surface area (Å²) in [7, 11) is 0. The summed E-state index contributed by atoms with van der Waals surface area (Å²) >= 11 is 7.78. The Kier molecular flexibility index (Phi) is 10.1. The number of hydrogen-bond acceptors (Lipinski definition) is 3. The molecular formula is C31H35ClN2O2S. The first-order chi connectivity index (χ1) is 18.0. The van der Waals surface area contributed by atoms with Crippen LogP contribution in [-0.2, 0) is 22.6 Å². The van der Waals surface area contributed by atoms with Gasteiger partial charge < -0.3 is 10.2 Å². The van der Waals surface area contributed by atoms with Gasteiger partial charge >= 0.3 is 0 Å². The number of carbonyl (C=O) groups is 2. The van der Waals surface area contributed by atoms with Gasteiger partial charge in [0.25, 0.3) is 0 Å². The lowest BCUT2D eigenvalue weighted by Gasteiger charge is -2.32. The van der Waals surface area contributed by atoms with Crippen molar-refractivity contribution in [1.29, 1.82) is 0 Å². The highest BCUT2D eigenvalue weighted by atomic mass is 35.5. The van der Waals surface area contributed by atoms with Gasteiger partial charge in [-0.15, -0.1) is 11.8 Å². The molecule has 1 atom stereocenters. The predicted molar refractivity (Wildman–Crippen MR) is 153 cm³/mol. The maximum Gasteiger partial charge on any atom is 0.243 e. The first kappa shape index (κ1) is 27.3. The predicted octanol–water partition coefficient (Wildman–Crippen LogP) is 6.83. The lowest BCUT2D eigenvalue weighted by Crippen LogP contribution is -2.52. The SMILES string of the molecule is Cc1ccc(SCCC(=O)N(Cc2ccc(Cl)cc2)[C@@H](Cc2ccccc2)C(=O)NC2CCCC2)cc1. The van der Waals surface area contributed by atoms with Crippen molar-refractivity contribution in [2.75, 3.05) is 5.75 Å². The second-order valence-corrected chi connectivity index (χ2v) is 11.4. The maximum absolute atomic E-state index is 13.7. The standard InChI is InChI=1S/C31H35ClN2O2S/c1-23-11-17-28(18-12-23)37-20-19-30(35)34(22-25-13-15-26(32)16-14-25)29(21-24-7-3-2-4-8-24)31(36)33-27-9-5-6-10-27/h2-4,7-8,11-18,27,29H,5-6,9-10,19-22H2,1H3,(H,33,36)/t29-/m0/s1. The number of carbonyl (C=O) groups excluding carboxylic acids is 2. The van der Waals surface area contributed by atoms with Crippen LogP contribution >= 0.6 is 23.4 Å². The van der Waals surface area contributed by atoms with Crippen molar-refractivity contribution < 1.29 is 9.59 Å². The van der Waals surface area contributed by atoms with E-state index in [1.807, 2.05) is 54.6 Å². The van der Waals surface area contributed by atoms with Gasteiger partial charge in [-0.1, -0.05) is 84.6 Å². The molecule has 0 unspecified atom stereocenters. The number of rotatable bonds is 11. The van der Waals surface area contributed by atoms with E-state index in [1.165, 1.54) is 5.56 Å². The van der Waals surface area contributed by atoms with Gasteiger partial charge in [0.2, 0.25) is 11.8 Å². The summed E-state index contributed by atoms with van der Waals surface area (Å²) in [6.07, 6.45) is 5.11. The van der Waals surface area contributed by atoms with Crippen LogP contribution in [0.25, 0.3) is 0 Å². The van der Waals surface area contributed by atoms with Gasteiger partial charge in [0, 0.05) is 41.1 Å². The Hall–Kier alpha value is -2.76. The Morgan fingerprint density at radius 1 is 0.946 bits per heavy atom. The van der Waals surface area contributed by atoms with Crippen LogP contribution in [0.2, 0.25) is 5.02 Å². The van der Waals surface area contributed by atoms with Crippen LogP contribution in [0, 0.1) is 6.92 Å². The van der Waals surface area contributed by atoms with Crippen LogP contribution < -0.4 is 5.32 Å². The molecule has 6 heteroatoms. The highest BCUT2D eigenvalue weighted by molar-refractivity contribution is 7.99. The fourth-order valence-corrected chi connectivity index (χ4v) is 5.71. The number of nitrogens with zero attached hydrogens (tertiary/aromatic N) is 1. The van der Waals surface area contributed by atoms with E-state index in [0.717, 1.165) is 41.7 Å². The lowest BCUT2D eigenvalue weighted by molar-refractivity contribution is -0.141. The molecule has 0 heterocycles. The smallest absolute Gasteiger partial charge is 0.243 e. The highest BCUT2D eigenvalue weighted by Gasteiger charge is 2.32. The normalized spacial score (nSPS) is 14.3. The molecule has 194 valence electrons. The van der Waals surface area contributed by atoms with E-state index in [0.29, 0.717) is 30.2 Å². The van der Waals surface area contributed by atoms with Gasteiger partial charge in [0.05, 0.1) is 0 Å². The van der Waals surface area contributed by atoms with Crippen LogP contribution in [0.4, 0.5) is 0 Å². The molecule has 0 aliphatic heterocycles. The monoisotopic (exact) mass is 534 g/mol. The van der Waals surface area contributed by atoms with Crippen molar-refractivity contribution in [1.82, 2.24) is 10.2 Å². The van der Waals surface area contributed by atoms with E-state index in [9.17, 15) is 9.59 Å². The van der Waals surface area contributed by atoms with Crippen molar-refractivity contribution in [2.45, 2.75) is 69.0 Å². The molecular weight excluding hydrogens is 500 g/mol. The molecule has 0 aromatic heterocycles. The van der Waals surface area contributed by atoms with Gasteiger partial charge in [-0.05, 0) is 55.2 Å². The third-order valence-corrected chi connectivity index (χ3v) is 8.11. The second-order valence-electron chi connectivity index (χ2n) is 9.76. The quantitative estimate of drug-likeness (QED) is 0.274. The van der Waals surface area contributed by atoms with E-state index < -0.39 is 6.04 Å². The molecule has 3 aromatic carbocycles. The zero-order chi connectivity index (χ0) is 26.0. The Labute approximate surface area is 229 Å². The second kappa shape index (κ2) is 13.7. The molecule has 37 heavy (non-hydrogen) atoms. The average molecular weight is 535 g/mol. The van der Waals surface area contributed by atoms with Crippen molar-refractivity contribution in [3.8, 4) is 0 Å². The number of aryl methyl sites for hydroxylation is 1. The van der Waals surface area contributed by atoms with Crippen molar-refractivity contribution in [3.05, 3.63) is 101 Å². The zero-order valence-corrected chi connectivity index (χ0v) is 22.9. The Bertz CT molecular complexity index is 1150. The lowest BCUT2D eigenvalue weighted by atomic mass is 10.0.